The fraction of sp³-hybridized carbons (Fsp3) is 0.333. The number of carboxylic acid groups (broad SMARTS) is 1. The second-order valence-electron chi connectivity index (χ2n) is 0.862. The van der Waals surface area contributed by atoms with Gasteiger partial charge in [0.05, 0.1) is 5.33 Å². The van der Waals surface area contributed by atoms with E-state index in [2.05, 4.69) is 15.9 Å². The van der Waals surface area contributed by atoms with E-state index >= 15 is 0 Å². The number of hydrogen-bond acceptors (Lipinski definition) is 2. The van der Waals surface area contributed by atoms with E-state index in [9.17, 15) is 9.59 Å². The average Bonchev–Trinajstić information content (AvgIpc) is 1.65. The van der Waals surface area contributed by atoms with Crippen molar-refractivity contribution < 1.29 is 14.7 Å². The summed E-state index contributed by atoms with van der Waals surface area (Å²) in [7, 11) is 0. The number of rotatable bonds is 2. The van der Waals surface area contributed by atoms with Crippen LogP contribution < -0.4 is 0 Å². The first-order chi connectivity index (χ1) is 3.18. The molecule has 0 bridgehead atoms. The van der Waals surface area contributed by atoms with Gasteiger partial charge < -0.3 is 5.11 Å². The van der Waals surface area contributed by atoms with E-state index in [1.165, 1.54) is 0 Å². The quantitative estimate of drug-likeness (QED) is 0.359. The third kappa shape index (κ3) is 4.77. The van der Waals surface area contributed by atoms with Crippen molar-refractivity contribution in [3.63, 3.8) is 0 Å². The first-order valence-corrected chi connectivity index (χ1v) is 2.62. The predicted molar refractivity (Wildman–Crippen MR) is 33.6 cm³/mol. The van der Waals surface area contributed by atoms with E-state index in [0.717, 1.165) is 0 Å². The summed E-state index contributed by atoms with van der Waals surface area (Å²) in [6.45, 7) is 0. The van der Waals surface area contributed by atoms with Crippen LogP contribution in [0.4, 0.5) is 0 Å². The topological polar surface area (TPSA) is 54.4 Å². The van der Waals surface area contributed by atoms with Crippen molar-refractivity contribution in [2.75, 3.05) is 5.33 Å². The normalized spacial score (nSPS) is 7.12. The Labute approximate surface area is 76.9 Å². The molecule has 0 radical (unpaired) electrons. The van der Waals surface area contributed by atoms with Crippen LogP contribution in [0.1, 0.15) is 0 Å². The van der Waals surface area contributed by atoms with E-state index in [-0.39, 0.29) is 34.9 Å². The fourth-order valence-electron chi connectivity index (χ4n) is 0.0572. The standard InChI is InChI=1S/C3H3BrO3.Na.H/c4-1-2(5)3(6)7;;/h1H2,(H,6,7);;. The Morgan fingerprint density at radius 1 is 1.50 bits per heavy atom. The summed E-state index contributed by atoms with van der Waals surface area (Å²) >= 11 is 2.68. The number of ketones is 1. The van der Waals surface area contributed by atoms with Crippen LogP contribution in [0.3, 0.4) is 0 Å². The van der Waals surface area contributed by atoms with Gasteiger partial charge in [-0.1, -0.05) is 15.9 Å². The van der Waals surface area contributed by atoms with Crippen LogP contribution in [0.15, 0.2) is 0 Å². The molecule has 0 amide bonds. The zero-order valence-corrected chi connectivity index (χ0v) is 4.93. The maximum atomic E-state index is 9.87. The molecule has 0 aromatic carbocycles. The summed E-state index contributed by atoms with van der Waals surface area (Å²) in [4.78, 5) is 19.4. The maximum absolute atomic E-state index is 9.87. The van der Waals surface area contributed by atoms with Crippen LogP contribution in [-0.2, 0) is 9.59 Å². The molecule has 0 saturated carbocycles. The Morgan fingerprint density at radius 2 is 1.88 bits per heavy atom. The molecule has 0 heterocycles. The van der Waals surface area contributed by atoms with Gasteiger partial charge in [-0.3, -0.25) is 4.79 Å². The molecule has 0 rings (SSSR count). The van der Waals surface area contributed by atoms with Crippen molar-refractivity contribution in [3.8, 4) is 0 Å². The summed E-state index contributed by atoms with van der Waals surface area (Å²) in [5.74, 6) is -2.21. The number of hydrogen-bond donors (Lipinski definition) is 1. The van der Waals surface area contributed by atoms with E-state index in [0.29, 0.717) is 0 Å². The van der Waals surface area contributed by atoms with Crippen LogP contribution in [-0.4, -0.2) is 51.7 Å². The van der Waals surface area contributed by atoms with Crippen LogP contribution in [0, 0.1) is 0 Å². The van der Waals surface area contributed by atoms with E-state index in [1.807, 2.05) is 0 Å². The number of carboxylic acids is 1. The van der Waals surface area contributed by atoms with E-state index < -0.39 is 11.8 Å². The van der Waals surface area contributed by atoms with Crippen LogP contribution in [0.25, 0.3) is 0 Å². The molecule has 0 atom stereocenters. The van der Waals surface area contributed by atoms with Gasteiger partial charge in [-0.15, -0.1) is 0 Å². The minimum absolute atomic E-state index is 0. The molecule has 0 aliphatic heterocycles. The SMILES string of the molecule is O=C(O)C(=O)CBr.[NaH]. The third-order valence-electron chi connectivity index (χ3n) is 0.360. The Kier molecular flexibility index (Phi) is 8.21. The van der Waals surface area contributed by atoms with Gasteiger partial charge in [0.1, 0.15) is 0 Å². The van der Waals surface area contributed by atoms with Gasteiger partial charge in [-0.2, -0.15) is 0 Å². The number of carbonyl (C=O) groups is 2. The fourth-order valence-corrected chi connectivity index (χ4v) is 0.297. The van der Waals surface area contributed by atoms with Gasteiger partial charge in [-0.05, 0) is 0 Å². The number of alkyl halides is 1. The Hall–Kier alpha value is 0.620. The number of carbonyl (C=O) groups excluding carboxylic acids is 1. The van der Waals surface area contributed by atoms with E-state index in [1.54, 1.807) is 0 Å². The van der Waals surface area contributed by atoms with Crippen molar-refractivity contribution >= 4 is 57.2 Å². The molecule has 3 nitrogen and oxygen atoms in total. The molecule has 8 heavy (non-hydrogen) atoms. The van der Waals surface area contributed by atoms with Gasteiger partial charge in [0.25, 0.3) is 0 Å². The zero-order valence-electron chi connectivity index (χ0n) is 3.35. The van der Waals surface area contributed by atoms with Crippen LogP contribution in [0.5, 0.6) is 0 Å². The molecule has 0 aromatic rings. The zero-order chi connectivity index (χ0) is 5.86. The third-order valence-corrected chi connectivity index (χ3v) is 0.869. The molecule has 0 saturated heterocycles. The molecule has 0 aromatic heterocycles. The molecule has 1 N–H and O–H groups in total. The summed E-state index contributed by atoms with van der Waals surface area (Å²) in [6, 6.07) is 0. The molecule has 0 spiro atoms. The van der Waals surface area contributed by atoms with Gasteiger partial charge in [0, 0.05) is 0 Å². The number of halogens is 1. The van der Waals surface area contributed by atoms with Gasteiger partial charge in [-0.25, -0.2) is 4.79 Å². The van der Waals surface area contributed by atoms with Crippen LogP contribution >= 0.6 is 15.9 Å². The summed E-state index contributed by atoms with van der Waals surface area (Å²) in [6.07, 6.45) is 0. The number of Topliss-reactive ketones (excluding diaryl/α,β-unsaturated/α-hetero) is 1. The van der Waals surface area contributed by atoms with Crippen molar-refractivity contribution in [1.29, 1.82) is 0 Å². The molecule has 0 unspecified atom stereocenters. The van der Waals surface area contributed by atoms with Crippen molar-refractivity contribution in [2.24, 2.45) is 0 Å². The molecule has 42 valence electrons. The van der Waals surface area contributed by atoms with Gasteiger partial charge >= 0.3 is 35.5 Å². The second kappa shape index (κ2) is 5.75. The molecular weight excluding hydrogens is 187 g/mol. The monoisotopic (exact) mass is 190 g/mol. The summed E-state index contributed by atoms with van der Waals surface area (Å²) in [5.41, 5.74) is 0. The summed E-state index contributed by atoms with van der Waals surface area (Å²) < 4.78 is 0. The van der Waals surface area contributed by atoms with Crippen LogP contribution in [0.2, 0.25) is 0 Å². The van der Waals surface area contributed by atoms with Crippen molar-refractivity contribution in [3.05, 3.63) is 0 Å². The summed E-state index contributed by atoms with van der Waals surface area (Å²) in [5, 5.41) is 7.69. The second-order valence-corrected chi connectivity index (χ2v) is 1.42. The minimum atomic E-state index is -1.39. The van der Waals surface area contributed by atoms with Gasteiger partial charge in [0.15, 0.2) is 0 Å². The van der Waals surface area contributed by atoms with Gasteiger partial charge in [0.2, 0.25) is 5.78 Å². The first-order valence-electron chi connectivity index (χ1n) is 1.50. The first kappa shape index (κ1) is 11.4. The van der Waals surface area contributed by atoms with E-state index in [4.69, 9.17) is 5.11 Å². The Balaban J connectivity index is 0. The molecule has 5 heteroatoms. The number of aliphatic carboxylic acids is 1. The molecule has 0 fully saturated rings. The predicted octanol–water partition coefficient (Wildman–Crippen LogP) is -0.614. The Morgan fingerprint density at radius 3 is 1.88 bits per heavy atom. The average molecular weight is 191 g/mol. The molecule has 0 aliphatic rings. The van der Waals surface area contributed by atoms with Crippen molar-refractivity contribution in [1.82, 2.24) is 0 Å². The molecular formula is C3H4BrNaO3. The Bertz CT molecular complexity index is 103. The van der Waals surface area contributed by atoms with Crippen molar-refractivity contribution in [2.45, 2.75) is 0 Å². The molecule has 0 aliphatic carbocycles.